The minimum Gasteiger partial charge on any atom is -0.396 e. The van der Waals surface area contributed by atoms with Crippen LogP contribution in [0.5, 0.6) is 0 Å². The van der Waals surface area contributed by atoms with Gasteiger partial charge >= 0.3 is 0 Å². The molecule has 0 aliphatic heterocycles. The number of aliphatic hydroxyl groups excluding tert-OH is 1. The van der Waals surface area contributed by atoms with Crippen molar-refractivity contribution < 1.29 is 13.5 Å². The van der Waals surface area contributed by atoms with Gasteiger partial charge in [-0.15, -0.1) is 11.3 Å². The SMILES string of the molecule is O=S(=O)(Nc1c(Cl)cc(Cl)cc1Cl)c1ccc(CCO)s1. The quantitative estimate of drug-likeness (QED) is 0.815. The van der Waals surface area contributed by atoms with Crippen LogP contribution < -0.4 is 4.72 Å². The lowest BCUT2D eigenvalue weighted by Gasteiger charge is -2.10. The lowest BCUT2D eigenvalue weighted by atomic mass is 10.3. The molecule has 1 aromatic heterocycles. The smallest absolute Gasteiger partial charge is 0.271 e. The van der Waals surface area contributed by atoms with Crippen molar-refractivity contribution in [1.29, 1.82) is 0 Å². The van der Waals surface area contributed by atoms with Crippen LogP contribution in [0.25, 0.3) is 0 Å². The first-order valence-corrected chi connectivity index (χ1v) is 9.14. The fourth-order valence-corrected chi connectivity index (χ4v) is 5.04. The Kier molecular flexibility index (Phi) is 5.40. The van der Waals surface area contributed by atoms with Gasteiger partial charge in [0.25, 0.3) is 10.0 Å². The number of sulfonamides is 1. The lowest BCUT2D eigenvalue weighted by molar-refractivity contribution is 0.300. The van der Waals surface area contributed by atoms with Crippen molar-refractivity contribution in [2.24, 2.45) is 0 Å². The van der Waals surface area contributed by atoms with Crippen molar-refractivity contribution in [3.05, 3.63) is 44.2 Å². The van der Waals surface area contributed by atoms with Crippen molar-refractivity contribution in [2.45, 2.75) is 10.6 Å². The minimum atomic E-state index is -3.79. The molecule has 0 saturated heterocycles. The van der Waals surface area contributed by atoms with Crippen LogP contribution in [0.2, 0.25) is 15.1 Å². The van der Waals surface area contributed by atoms with E-state index in [0.29, 0.717) is 11.4 Å². The highest BCUT2D eigenvalue weighted by Crippen LogP contribution is 2.35. The number of hydrogen-bond acceptors (Lipinski definition) is 4. The van der Waals surface area contributed by atoms with Gasteiger partial charge in [-0.1, -0.05) is 34.8 Å². The Morgan fingerprint density at radius 3 is 2.33 bits per heavy atom. The van der Waals surface area contributed by atoms with Gasteiger partial charge < -0.3 is 5.11 Å². The van der Waals surface area contributed by atoms with Gasteiger partial charge in [-0.25, -0.2) is 8.42 Å². The zero-order valence-corrected chi connectivity index (χ0v) is 14.3. The van der Waals surface area contributed by atoms with E-state index in [4.69, 9.17) is 39.9 Å². The maximum Gasteiger partial charge on any atom is 0.271 e. The summed E-state index contributed by atoms with van der Waals surface area (Å²) in [6.07, 6.45) is 0.405. The normalized spacial score (nSPS) is 11.6. The second-order valence-electron chi connectivity index (χ2n) is 4.04. The van der Waals surface area contributed by atoms with Gasteiger partial charge in [0.2, 0.25) is 0 Å². The Morgan fingerprint density at radius 2 is 1.76 bits per heavy atom. The molecule has 0 unspecified atom stereocenters. The number of hydrogen-bond donors (Lipinski definition) is 2. The Hall–Kier alpha value is -0.500. The summed E-state index contributed by atoms with van der Waals surface area (Å²) in [6.45, 7) is -0.0394. The average molecular weight is 387 g/mol. The Bertz CT molecular complexity index is 736. The van der Waals surface area contributed by atoms with Crippen LogP contribution in [0.3, 0.4) is 0 Å². The van der Waals surface area contributed by atoms with E-state index in [0.717, 1.165) is 16.2 Å². The molecule has 2 N–H and O–H groups in total. The third-order valence-corrected chi connectivity index (χ3v) is 6.30. The van der Waals surface area contributed by atoms with E-state index in [1.54, 1.807) is 6.07 Å². The maximum atomic E-state index is 12.3. The molecule has 0 amide bonds. The van der Waals surface area contributed by atoms with E-state index in [1.807, 2.05) is 0 Å². The Labute approximate surface area is 141 Å². The van der Waals surface area contributed by atoms with Crippen molar-refractivity contribution in [3.8, 4) is 0 Å². The number of thiophene rings is 1. The molecule has 1 aromatic carbocycles. The first kappa shape index (κ1) is 16.9. The molecule has 4 nitrogen and oxygen atoms in total. The van der Waals surface area contributed by atoms with Gasteiger partial charge in [0.1, 0.15) is 4.21 Å². The molecule has 0 fully saturated rings. The van der Waals surface area contributed by atoms with E-state index in [2.05, 4.69) is 4.72 Å². The summed E-state index contributed by atoms with van der Waals surface area (Å²) in [5.41, 5.74) is 0.0832. The molecule has 0 aliphatic carbocycles. The van der Waals surface area contributed by atoms with E-state index < -0.39 is 10.0 Å². The van der Waals surface area contributed by atoms with Crippen molar-refractivity contribution >= 4 is 61.9 Å². The van der Waals surface area contributed by atoms with Crippen LogP contribution >= 0.6 is 46.1 Å². The second-order valence-corrected chi connectivity index (χ2v) is 8.37. The summed E-state index contributed by atoms with van der Waals surface area (Å²) in [5.74, 6) is 0. The van der Waals surface area contributed by atoms with Crippen LogP contribution in [0.4, 0.5) is 5.69 Å². The third-order valence-electron chi connectivity index (χ3n) is 2.50. The summed E-state index contributed by atoms with van der Waals surface area (Å²) >= 11 is 18.8. The number of anilines is 1. The molecule has 0 spiro atoms. The molecule has 114 valence electrons. The number of aliphatic hydroxyl groups is 1. The third kappa shape index (κ3) is 4.03. The molecule has 9 heteroatoms. The molecular weight excluding hydrogens is 377 g/mol. The number of rotatable bonds is 5. The Morgan fingerprint density at radius 1 is 1.14 bits per heavy atom. The molecule has 0 saturated carbocycles. The van der Waals surface area contributed by atoms with Gasteiger partial charge in [-0.3, -0.25) is 4.72 Å². The van der Waals surface area contributed by atoms with Crippen LogP contribution in [-0.2, 0) is 16.4 Å². The molecule has 0 radical (unpaired) electrons. The Balaban J connectivity index is 2.33. The van der Waals surface area contributed by atoms with Crippen LogP contribution in [0.1, 0.15) is 4.88 Å². The number of halogens is 3. The van der Waals surface area contributed by atoms with E-state index in [9.17, 15) is 8.42 Å². The minimum absolute atomic E-state index is 0.0394. The van der Waals surface area contributed by atoms with Crippen LogP contribution in [-0.4, -0.2) is 20.1 Å². The standard InChI is InChI=1S/C12H10Cl3NO3S2/c13-7-5-9(14)12(10(15)6-7)16-21(18,19)11-2-1-8(20-11)3-4-17/h1-2,5-6,16-17H,3-4H2. The van der Waals surface area contributed by atoms with E-state index >= 15 is 0 Å². The first-order chi connectivity index (χ1) is 9.83. The fourth-order valence-electron chi connectivity index (χ4n) is 1.57. The van der Waals surface area contributed by atoms with E-state index in [1.165, 1.54) is 18.2 Å². The summed E-state index contributed by atoms with van der Waals surface area (Å²) in [6, 6.07) is 5.92. The maximum absolute atomic E-state index is 12.3. The van der Waals surface area contributed by atoms with E-state index in [-0.39, 0.29) is 26.5 Å². The van der Waals surface area contributed by atoms with Gasteiger partial charge in [-0.05, 0) is 24.3 Å². The second kappa shape index (κ2) is 6.73. The summed E-state index contributed by atoms with van der Waals surface area (Å²) in [5, 5.41) is 9.40. The zero-order chi connectivity index (χ0) is 15.6. The van der Waals surface area contributed by atoms with Gasteiger partial charge in [0.15, 0.2) is 0 Å². The first-order valence-electron chi connectivity index (χ1n) is 5.70. The molecule has 0 aliphatic rings. The molecule has 0 atom stereocenters. The van der Waals surface area contributed by atoms with Gasteiger partial charge in [0.05, 0.1) is 15.7 Å². The number of benzene rings is 1. The largest absolute Gasteiger partial charge is 0.396 e. The van der Waals surface area contributed by atoms with Gasteiger partial charge in [0, 0.05) is 22.9 Å². The fraction of sp³-hybridized carbons (Fsp3) is 0.167. The molecule has 21 heavy (non-hydrogen) atoms. The predicted molar refractivity (Wildman–Crippen MR) is 87.4 cm³/mol. The summed E-state index contributed by atoms with van der Waals surface area (Å²) < 4.78 is 27.1. The monoisotopic (exact) mass is 385 g/mol. The number of nitrogens with one attached hydrogen (secondary N) is 1. The molecule has 2 aromatic rings. The van der Waals surface area contributed by atoms with Crippen LogP contribution in [0, 0.1) is 0 Å². The van der Waals surface area contributed by atoms with Crippen molar-refractivity contribution in [2.75, 3.05) is 11.3 Å². The summed E-state index contributed by atoms with van der Waals surface area (Å²) in [7, 11) is -3.79. The summed E-state index contributed by atoms with van der Waals surface area (Å²) in [4.78, 5) is 0.770. The molecular formula is C12H10Cl3NO3S2. The van der Waals surface area contributed by atoms with Crippen molar-refractivity contribution in [1.82, 2.24) is 0 Å². The van der Waals surface area contributed by atoms with Crippen LogP contribution in [0.15, 0.2) is 28.5 Å². The predicted octanol–water partition coefficient (Wildman–Crippen LogP) is 4.04. The average Bonchev–Trinajstić information content (AvgIpc) is 2.84. The van der Waals surface area contributed by atoms with Gasteiger partial charge in [-0.2, -0.15) is 0 Å². The zero-order valence-electron chi connectivity index (χ0n) is 10.4. The highest BCUT2D eigenvalue weighted by atomic mass is 35.5. The lowest BCUT2D eigenvalue weighted by Crippen LogP contribution is -2.12. The topological polar surface area (TPSA) is 66.4 Å². The molecule has 1 heterocycles. The highest BCUT2D eigenvalue weighted by Gasteiger charge is 2.20. The molecule has 2 rings (SSSR count). The highest BCUT2D eigenvalue weighted by molar-refractivity contribution is 7.94. The molecule has 0 bridgehead atoms. The van der Waals surface area contributed by atoms with Crippen molar-refractivity contribution in [3.63, 3.8) is 0 Å².